The normalized spacial score (nSPS) is 40.8. The van der Waals surface area contributed by atoms with Crippen LogP contribution >= 0.6 is 0 Å². The van der Waals surface area contributed by atoms with E-state index in [2.05, 4.69) is 5.92 Å². The van der Waals surface area contributed by atoms with Crippen molar-refractivity contribution >= 4 is 0 Å². The fourth-order valence-corrected chi connectivity index (χ4v) is 2.07. The molecule has 0 N–H and O–H groups in total. The molecule has 2 aliphatic heterocycles. The van der Waals surface area contributed by atoms with Crippen molar-refractivity contribution in [2.45, 2.75) is 57.6 Å². The molecule has 2 rings (SSSR count). The molecule has 0 unspecified atom stereocenters. The van der Waals surface area contributed by atoms with E-state index in [9.17, 15) is 0 Å². The van der Waals surface area contributed by atoms with E-state index in [4.69, 9.17) is 25.4 Å². The minimum Gasteiger partial charge on any atom is -0.348 e. The van der Waals surface area contributed by atoms with Crippen molar-refractivity contribution < 1.29 is 18.9 Å². The van der Waals surface area contributed by atoms with Crippen LogP contribution in [-0.4, -0.2) is 36.5 Å². The van der Waals surface area contributed by atoms with Crippen molar-refractivity contribution in [3.05, 3.63) is 0 Å². The lowest BCUT2D eigenvalue weighted by atomic mass is 10.1. The van der Waals surface area contributed by atoms with Gasteiger partial charge in [-0.15, -0.1) is 6.42 Å². The second-order valence-corrected chi connectivity index (χ2v) is 5.05. The molecule has 2 saturated heterocycles. The molecule has 0 radical (unpaired) electrons. The molecule has 4 nitrogen and oxygen atoms in total. The van der Waals surface area contributed by atoms with Gasteiger partial charge in [0.05, 0.1) is 6.61 Å². The van der Waals surface area contributed by atoms with Crippen LogP contribution in [0.15, 0.2) is 0 Å². The van der Waals surface area contributed by atoms with Crippen molar-refractivity contribution in [3.8, 4) is 12.3 Å². The Morgan fingerprint density at radius 1 is 1.06 bits per heavy atom. The Morgan fingerprint density at radius 2 is 1.75 bits per heavy atom. The van der Waals surface area contributed by atoms with Crippen LogP contribution in [0.1, 0.15) is 27.7 Å². The molecular weight excluding hydrogens is 208 g/mol. The Bertz CT molecular complexity index is 315. The van der Waals surface area contributed by atoms with Gasteiger partial charge in [-0.3, -0.25) is 0 Å². The summed E-state index contributed by atoms with van der Waals surface area (Å²) >= 11 is 0. The molecule has 0 spiro atoms. The summed E-state index contributed by atoms with van der Waals surface area (Å²) in [5.41, 5.74) is 0. The van der Waals surface area contributed by atoms with Gasteiger partial charge >= 0.3 is 0 Å². The van der Waals surface area contributed by atoms with Crippen molar-refractivity contribution in [1.82, 2.24) is 0 Å². The van der Waals surface area contributed by atoms with Crippen molar-refractivity contribution in [1.29, 1.82) is 0 Å². The maximum Gasteiger partial charge on any atom is 0.165 e. The Kier molecular flexibility index (Phi) is 2.75. The van der Waals surface area contributed by atoms with Gasteiger partial charge in [0.1, 0.15) is 18.3 Å². The molecule has 4 heteroatoms. The van der Waals surface area contributed by atoms with E-state index >= 15 is 0 Å². The summed E-state index contributed by atoms with van der Waals surface area (Å²) in [5, 5.41) is 0. The monoisotopic (exact) mass is 226 g/mol. The molecule has 16 heavy (non-hydrogen) atoms. The zero-order valence-corrected chi connectivity index (χ0v) is 10.1. The highest BCUT2D eigenvalue weighted by Crippen LogP contribution is 2.35. The summed E-state index contributed by atoms with van der Waals surface area (Å²) in [6, 6.07) is 0. The predicted molar refractivity (Wildman–Crippen MR) is 57.6 cm³/mol. The van der Waals surface area contributed by atoms with Crippen molar-refractivity contribution in [2.24, 2.45) is 0 Å². The van der Waals surface area contributed by atoms with Gasteiger partial charge in [0.15, 0.2) is 11.6 Å². The lowest BCUT2D eigenvalue weighted by molar-refractivity contribution is -0.174. The van der Waals surface area contributed by atoms with Crippen LogP contribution in [0.4, 0.5) is 0 Å². The highest BCUT2D eigenvalue weighted by atomic mass is 16.8. The minimum absolute atomic E-state index is 0.169. The van der Waals surface area contributed by atoms with Gasteiger partial charge in [-0.25, -0.2) is 0 Å². The third kappa shape index (κ3) is 2.23. The van der Waals surface area contributed by atoms with E-state index in [0.29, 0.717) is 6.61 Å². The summed E-state index contributed by atoms with van der Waals surface area (Å²) in [6.07, 6.45) is 4.62. The standard InChI is InChI=1S/C12H18O4/c1-6-8-10(16-12(4,5)14-8)9-7-13-11(2,3)15-9/h1,8-10H,7H2,2-5H3/t8-,9-,10+/m1/s1. The third-order valence-electron chi connectivity index (χ3n) is 2.69. The second-order valence-electron chi connectivity index (χ2n) is 5.05. The molecule has 0 amide bonds. The van der Waals surface area contributed by atoms with E-state index in [-0.39, 0.29) is 18.3 Å². The molecule has 0 bridgehead atoms. The molecule has 0 aromatic carbocycles. The van der Waals surface area contributed by atoms with Crippen LogP contribution in [0.3, 0.4) is 0 Å². The van der Waals surface area contributed by atoms with Crippen LogP contribution < -0.4 is 0 Å². The largest absolute Gasteiger partial charge is 0.348 e. The summed E-state index contributed by atoms with van der Waals surface area (Å²) in [6.45, 7) is 7.92. The lowest BCUT2D eigenvalue weighted by Crippen LogP contribution is -2.37. The van der Waals surface area contributed by atoms with Crippen LogP contribution in [0.5, 0.6) is 0 Å². The van der Waals surface area contributed by atoms with Gasteiger partial charge in [-0.1, -0.05) is 5.92 Å². The van der Waals surface area contributed by atoms with Crippen molar-refractivity contribution in [2.75, 3.05) is 6.61 Å². The fourth-order valence-electron chi connectivity index (χ4n) is 2.07. The van der Waals surface area contributed by atoms with Gasteiger partial charge in [0.25, 0.3) is 0 Å². The van der Waals surface area contributed by atoms with Gasteiger partial charge in [-0.2, -0.15) is 0 Å². The first kappa shape index (κ1) is 11.9. The first-order valence-corrected chi connectivity index (χ1v) is 5.46. The molecule has 3 atom stereocenters. The quantitative estimate of drug-likeness (QED) is 0.631. The predicted octanol–water partition coefficient (Wildman–Crippen LogP) is 1.29. The summed E-state index contributed by atoms with van der Waals surface area (Å²) < 4.78 is 22.6. The Balaban J connectivity index is 2.08. The van der Waals surface area contributed by atoms with Crippen LogP contribution in [0, 0.1) is 12.3 Å². The summed E-state index contributed by atoms with van der Waals surface area (Å²) in [4.78, 5) is 0. The maximum atomic E-state index is 5.76. The average molecular weight is 226 g/mol. The number of hydrogen-bond acceptors (Lipinski definition) is 4. The molecule has 0 aromatic heterocycles. The number of terminal acetylenes is 1. The van der Waals surface area contributed by atoms with E-state index < -0.39 is 11.6 Å². The molecule has 2 aliphatic rings. The molecule has 0 aromatic rings. The zero-order chi connectivity index (χ0) is 12.0. The molecule has 2 heterocycles. The summed E-state index contributed by atoms with van der Waals surface area (Å²) in [5.74, 6) is 1.37. The van der Waals surface area contributed by atoms with Crippen LogP contribution in [0.25, 0.3) is 0 Å². The van der Waals surface area contributed by atoms with Gasteiger partial charge in [0, 0.05) is 0 Å². The second kappa shape index (κ2) is 3.71. The van der Waals surface area contributed by atoms with E-state index in [1.807, 2.05) is 27.7 Å². The van der Waals surface area contributed by atoms with Crippen LogP contribution in [0.2, 0.25) is 0 Å². The minimum atomic E-state index is -0.655. The number of rotatable bonds is 1. The van der Waals surface area contributed by atoms with Crippen molar-refractivity contribution in [3.63, 3.8) is 0 Å². The molecule has 0 aliphatic carbocycles. The highest BCUT2D eigenvalue weighted by Gasteiger charge is 2.49. The maximum absolute atomic E-state index is 5.76. The smallest absolute Gasteiger partial charge is 0.165 e. The summed E-state index contributed by atoms with van der Waals surface area (Å²) in [7, 11) is 0. The molecule has 2 fully saturated rings. The Morgan fingerprint density at radius 3 is 2.25 bits per heavy atom. The number of hydrogen-bond donors (Lipinski definition) is 0. The van der Waals surface area contributed by atoms with Gasteiger partial charge < -0.3 is 18.9 Å². The first-order chi connectivity index (χ1) is 7.33. The Hall–Kier alpha value is -0.600. The van der Waals surface area contributed by atoms with E-state index in [0.717, 1.165) is 0 Å². The zero-order valence-electron chi connectivity index (χ0n) is 10.1. The SMILES string of the molecule is C#C[C@H]1OC(C)(C)O[C@@H]1[C@H]1COC(C)(C)O1. The molecular formula is C12H18O4. The molecule has 0 saturated carbocycles. The third-order valence-corrected chi connectivity index (χ3v) is 2.69. The van der Waals surface area contributed by atoms with Crippen LogP contribution in [-0.2, 0) is 18.9 Å². The number of ether oxygens (including phenoxy) is 4. The average Bonchev–Trinajstić information content (AvgIpc) is 2.65. The van der Waals surface area contributed by atoms with E-state index in [1.165, 1.54) is 0 Å². The topological polar surface area (TPSA) is 36.9 Å². The highest BCUT2D eigenvalue weighted by molar-refractivity contribution is 5.06. The Labute approximate surface area is 96.2 Å². The van der Waals surface area contributed by atoms with Gasteiger partial charge in [-0.05, 0) is 27.7 Å². The molecule has 90 valence electrons. The fraction of sp³-hybridized carbons (Fsp3) is 0.833. The first-order valence-electron chi connectivity index (χ1n) is 5.46. The van der Waals surface area contributed by atoms with E-state index in [1.54, 1.807) is 0 Å². The van der Waals surface area contributed by atoms with Gasteiger partial charge in [0.2, 0.25) is 0 Å². The lowest BCUT2D eigenvalue weighted by Gasteiger charge is -2.22.